The molecule has 0 aromatic heterocycles. The van der Waals surface area contributed by atoms with Gasteiger partial charge in [0, 0.05) is 31.2 Å². The topological polar surface area (TPSA) is 102 Å². The fourth-order valence-electron chi connectivity index (χ4n) is 5.25. The van der Waals surface area contributed by atoms with E-state index in [1.165, 1.54) is 6.07 Å². The van der Waals surface area contributed by atoms with Gasteiger partial charge in [-0.3, -0.25) is 9.69 Å². The molecule has 3 fully saturated rings. The lowest BCUT2D eigenvalue weighted by molar-refractivity contribution is -0.137. The van der Waals surface area contributed by atoms with Gasteiger partial charge >= 0.3 is 6.18 Å². The zero-order valence-electron chi connectivity index (χ0n) is 18.3. The minimum atomic E-state index is -4.41. The van der Waals surface area contributed by atoms with E-state index >= 15 is 0 Å². The van der Waals surface area contributed by atoms with Crippen LogP contribution in [-0.2, 0) is 15.8 Å². The smallest absolute Gasteiger partial charge is 0.322 e. The van der Waals surface area contributed by atoms with Gasteiger partial charge in [-0.25, -0.2) is 0 Å². The highest BCUT2D eigenvalue weighted by Crippen LogP contribution is 2.47. The van der Waals surface area contributed by atoms with Crippen LogP contribution >= 0.6 is 0 Å². The summed E-state index contributed by atoms with van der Waals surface area (Å²) in [6, 6.07) is 5.26. The number of nitrogens with two attached hydrogens (primary N) is 1. The van der Waals surface area contributed by atoms with Gasteiger partial charge in [-0.2, -0.15) is 18.4 Å². The average molecular weight is 464 g/mol. The Morgan fingerprint density at radius 2 is 2.12 bits per heavy atom. The Bertz CT molecular complexity index is 949. The summed E-state index contributed by atoms with van der Waals surface area (Å²) in [6.45, 7) is 2.41. The molecule has 1 aliphatic carbocycles. The zero-order valence-corrected chi connectivity index (χ0v) is 18.3. The molecule has 7 nitrogen and oxygen atoms in total. The summed E-state index contributed by atoms with van der Waals surface area (Å²) in [5.74, 6) is 0.135. The summed E-state index contributed by atoms with van der Waals surface area (Å²) in [5.41, 5.74) is 6.01. The molecule has 2 saturated heterocycles. The number of fused-ring (bicyclic) bond motifs is 1. The first-order valence-electron chi connectivity index (χ1n) is 11.2. The van der Waals surface area contributed by atoms with Crippen molar-refractivity contribution >= 4 is 12.2 Å². The first kappa shape index (κ1) is 23.7. The minimum absolute atomic E-state index is 0.108. The molecule has 7 atom stereocenters. The van der Waals surface area contributed by atoms with Crippen LogP contribution in [0.2, 0.25) is 0 Å². The van der Waals surface area contributed by atoms with Gasteiger partial charge in [0.15, 0.2) is 0 Å². The number of piperidine rings is 1. The normalized spacial score (nSPS) is 31.0. The number of aldehydes is 1. The van der Waals surface area contributed by atoms with Crippen LogP contribution in [0.5, 0.6) is 0 Å². The maximum absolute atomic E-state index is 13.0. The number of halogens is 3. The molecule has 1 aromatic carbocycles. The molecule has 1 amide bonds. The molecule has 2 heterocycles. The van der Waals surface area contributed by atoms with E-state index in [9.17, 15) is 28.0 Å². The number of hydrogen-bond acceptors (Lipinski definition) is 6. The number of nitriles is 1. The maximum atomic E-state index is 13.0. The SMILES string of the molecule is CC(NC1CC(C=O)N(CC(N)C(=O)N2C(C#N)CC3CC32)C1)c1cccc(C(F)(F)F)c1. The summed E-state index contributed by atoms with van der Waals surface area (Å²) in [4.78, 5) is 28.0. The summed E-state index contributed by atoms with van der Waals surface area (Å²) in [5, 5.41) is 12.6. The van der Waals surface area contributed by atoms with Crippen molar-refractivity contribution in [3.8, 4) is 6.07 Å². The van der Waals surface area contributed by atoms with Gasteiger partial charge in [-0.15, -0.1) is 0 Å². The van der Waals surface area contributed by atoms with E-state index in [0.29, 0.717) is 30.9 Å². The van der Waals surface area contributed by atoms with Gasteiger partial charge in [-0.1, -0.05) is 12.1 Å². The van der Waals surface area contributed by atoms with E-state index in [0.717, 1.165) is 24.8 Å². The molecule has 1 aromatic rings. The van der Waals surface area contributed by atoms with Crippen LogP contribution in [0.3, 0.4) is 0 Å². The van der Waals surface area contributed by atoms with Gasteiger partial charge in [0.25, 0.3) is 0 Å². The van der Waals surface area contributed by atoms with Crippen LogP contribution in [0.4, 0.5) is 13.2 Å². The van der Waals surface area contributed by atoms with E-state index in [2.05, 4.69) is 11.4 Å². The van der Waals surface area contributed by atoms with Crippen LogP contribution in [0.15, 0.2) is 24.3 Å². The molecule has 4 rings (SSSR count). The second-order valence-corrected chi connectivity index (χ2v) is 9.40. The van der Waals surface area contributed by atoms with Crippen LogP contribution in [0.25, 0.3) is 0 Å². The molecule has 3 aliphatic rings. The molecule has 1 saturated carbocycles. The zero-order chi connectivity index (χ0) is 23.9. The molecule has 178 valence electrons. The second-order valence-electron chi connectivity index (χ2n) is 9.40. The molecule has 7 unspecified atom stereocenters. The number of nitrogens with one attached hydrogen (secondary N) is 1. The maximum Gasteiger partial charge on any atom is 0.416 e. The molecular weight excluding hydrogens is 435 g/mol. The summed E-state index contributed by atoms with van der Waals surface area (Å²) in [6.07, 6.45) is -1.51. The van der Waals surface area contributed by atoms with Gasteiger partial charge in [0.05, 0.1) is 23.7 Å². The highest BCUT2D eigenvalue weighted by Gasteiger charge is 2.55. The molecule has 10 heteroatoms. The predicted molar refractivity (Wildman–Crippen MR) is 114 cm³/mol. The van der Waals surface area contributed by atoms with Crippen molar-refractivity contribution in [1.29, 1.82) is 5.26 Å². The van der Waals surface area contributed by atoms with E-state index in [1.807, 2.05) is 4.90 Å². The molecule has 3 N–H and O–H groups in total. The Labute approximate surface area is 190 Å². The Hall–Kier alpha value is -2.48. The van der Waals surface area contributed by atoms with Gasteiger partial charge in [-0.05, 0) is 49.8 Å². The standard InChI is InChI=1S/C23H28F3N5O2/c1-13(14-3-2-4-16(5-14)23(24,25)26)29-17-8-19(12-32)30(10-17)11-20(28)22(33)31-18(9-27)6-15-7-21(15)31/h2-5,12-13,15,17-21,29H,6-8,10-11,28H2,1H3. The Kier molecular flexibility index (Phi) is 6.49. The molecule has 0 spiro atoms. The van der Waals surface area contributed by atoms with E-state index in [4.69, 9.17) is 5.73 Å². The van der Waals surface area contributed by atoms with Gasteiger partial charge < -0.3 is 20.7 Å². The molecule has 0 radical (unpaired) electrons. The number of amides is 1. The third kappa shape index (κ3) is 4.90. The summed E-state index contributed by atoms with van der Waals surface area (Å²) >= 11 is 0. The molecule has 2 aliphatic heterocycles. The van der Waals surface area contributed by atoms with Crippen molar-refractivity contribution in [1.82, 2.24) is 15.1 Å². The number of carbonyl (C=O) groups excluding carboxylic acids is 2. The minimum Gasteiger partial charge on any atom is -0.322 e. The number of alkyl halides is 3. The van der Waals surface area contributed by atoms with Gasteiger partial charge in [0.2, 0.25) is 5.91 Å². The van der Waals surface area contributed by atoms with Crippen molar-refractivity contribution in [2.45, 2.75) is 68.6 Å². The lowest BCUT2D eigenvalue weighted by atomic mass is 10.0. The van der Waals surface area contributed by atoms with Crippen molar-refractivity contribution in [2.24, 2.45) is 11.7 Å². The van der Waals surface area contributed by atoms with Crippen molar-refractivity contribution in [2.75, 3.05) is 13.1 Å². The van der Waals surface area contributed by atoms with Gasteiger partial charge in [0.1, 0.15) is 12.3 Å². The lowest BCUT2D eigenvalue weighted by Crippen LogP contribution is -2.53. The Morgan fingerprint density at radius 1 is 1.36 bits per heavy atom. The summed E-state index contributed by atoms with van der Waals surface area (Å²) < 4.78 is 39.1. The van der Waals surface area contributed by atoms with Crippen LogP contribution in [-0.4, -0.2) is 65.3 Å². The van der Waals surface area contributed by atoms with Crippen molar-refractivity contribution in [3.05, 3.63) is 35.4 Å². The predicted octanol–water partition coefficient (Wildman–Crippen LogP) is 1.84. The van der Waals surface area contributed by atoms with E-state index in [-0.39, 0.29) is 30.6 Å². The lowest BCUT2D eigenvalue weighted by Gasteiger charge is -2.29. The molecule has 0 bridgehead atoms. The second kappa shape index (κ2) is 9.05. The Balaban J connectivity index is 1.36. The third-order valence-corrected chi connectivity index (χ3v) is 7.06. The first-order valence-corrected chi connectivity index (χ1v) is 11.2. The first-order chi connectivity index (χ1) is 15.6. The molecule has 33 heavy (non-hydrogen) atoms. The fourth-order valence-corrected chi connectivity index (χ4v) is 5.25. The quantitative estimate of drug-likeness (QED) is 0.599. The van der Waals surface area contributed by atoms with E-state index < -0.39 is 29.9 Å². The number of hydrogen-bond donors (Lipinski definition) is 2. The number of rotatable bonds is 7. The van der Waals surface area contributed by atoms with Crippen LogP contribution < -0.4 is 11.1 Å². The Morgan fingerprint density at radius 3 is 2.79 bits per heavy atom. The number of benzene rings is 1. The summed E-state index contributed by atoms with van der Waals surface area (Å²) in [7, 11) is 0. The molecular formula is C23H28F3N5O2. The van der Waals surface area contributed by atoms with Crippen molar-refractivity contribution in [3.63, 3.8) is 0 Å². The number of likely N-dealkylation sites (tertiary alicyclic amines) is 2. The monoisotopic (exact) mass is 463 g/mol. The average Bonchev–Trinajstić information content (AvgIpc) is 3.28. The highest BCUT2D eigenvalue weighted by molar-refractivity contribution is 5.83. The van der Waals surface area contributed by atoms with Crippen molar-refractivity contribution < 1.29 is 22.8 Å². The number of nitrogens with zero attached hydrogens (tertiary/aromatic N) is 3. The highest BCUT2D eigenvalue weighted by atomic mass is 19.4. The number of carbonyl (C=O) groups is 2. The van der Waals surface area contributed by atoms with Crippen LogP contribution in [0.1, 0.15) is 43.4 Å². The largest absolute Gasteiger partial charge is 0.416 e. The third-order valence-electron chi connectivity index (χ3n) is 7.06. The van der Waals surface area contributed by atoms with Crippen LogP contribution in [0, 0.1) is 17.2 Å². The fraction of sp³-hybridized carbons (Fsp3) is 0.609. The van der Waals surface area contributed by atoms with E-state index in [1.54, 1.807) is 17.9 Å².